The zero-order valence-corrected chi connectivity index (χ0v) is 16.1. The summed E-state index contributed by atoms with van der Waals surface area (Å²) >= 11 is 1.48. The van der Waals surface area contributed by atoms with E-state index in [1.165, 1.54) is 11.3 Å². The van der Waals surface area contributed by atoms with Crippen molar-refractivity contribution in [1.82, 2.24) is 4.98 Å². The first-order valence-electron chi connectivity index (χ1n) is 8.23. The molecule has 0 aliphatic carbocycles. The van der Waals surface area contributed by atoms with Gasteiger partial charge >= 0.3 is 0 Å². The Morgan fingerprint density at radius 2 is 1.85 bits per heavy atom. The van der Waals surface area contributed by atoms with Crippen molar-refractivity contribution >= 4 is 22.9 Å². The van der Waals surface area contributed by atoms with Gasteiger partial charge in [-0.2, -0.15) is 0 Å². The van der Waals surface area contributed by atoms with Crippen LogP contribution in [0.25, 0.3) is 10.6 Å². The number of carbonyl (C=O) groups excluding carboxylic acids is 1. The number of nitrogens with one attached hydrogen (secondary N) is 1. The molecule has 2 aromatic carbocycles. The van der Waals surface area contributed by atoms with Crippen LogP contribution in [0.1, 0.15) is 5.69 Å². The van der Waals surface area contributed by atoms with E-state index in [2.05, 4.69) is 10.3 Å². The molecule has 0 radical (unpaired) electrons. The Kier molecular flexibility index (Phi) is 5.93. The Morgan fingerprint density at radius 3 is 2.59 bits per heavy atom. The molecule has 140 valence electrons. The molecule has 7 heteroatoms. The Morgan fingerprint density at radius 1 is 1.04 bits per heavy atom. The van der Waals surface area contributed by atoms with Crippen molar-refractivity contribution in [3.8, 4) is 27.8 Å². The van der Waals surface area contributed by atoms with Crippen LogP contribution in [0.15, 0.2) is 47.8 Å². The van der Waals surface area contributed by atoms with Crippen LogP contribution in [-0.4, -0.2) is 32.2 Å². The quantitative estimate of drug-likeness (QED) is 0.666. The molecule has 0 spiro atoms. The molecule has 0 saturated heterocycles. The molecule has 1 aromatic heterocycles. The summed E-state index contributed by atoms with van der Waals surface area (Å²) in [6.07, 6.45) is 0.195. The lowest BCUT2D eigenvalue weighted by Crippen LogP contribution is -2.14. The van der Waals surface area contributed by atoms with E-state index in [0.29, 0.717) is 28.6 Å². The summed E-state index contributed by atoms with van der Waals surface area (Å²) in [7, 11) is 4.78. The van der Waals surface area contributed by atoms with Crippen LogP contribution in [0.2, 0.25) is 0 Å². The largest absolute Gasteiger partial charge is 0.497 e. The number of aromatic nitrogens is 1. The first kappa shape index (κ1) is 18.7. The van der Waals surface area contributed by atoms with Gasteiger partial charge in [0.2, 0.25) is 5.91 Å². The summed E-state index contributed by atoms with van der Waals surface area (Å²) in [5.41, 5.74) is 2.32. The maximum Gasteiger partial charge on any atom is 0.230 e. The average Bonchev–Trinajstić information content (AvgIpc) is 3.15. The first-order valence-corrected chi connectivity index (χ1v) is 9.11. The third kappa shape index (κ3) is 4.57. The lowest BCUT2D eigenvalue weighted by Gasteiger charge is -2.08. The number of amides is 1. The fraction of sp³-hybridized carbons (Fsp3) is 0.200. The van der Waals surface area contributed by atoms with Gasteiger partial charge in [0.05, 0.1) is 33.4 Å². The molecule has 3 aromatic rings. The summed E-state index contributed by atoms with van der Waals surface area (Å²) in [5, 5.41) is 5.56. The second kappa shape index (κ2) is 8.55. The number of thiazole rings is 1. The zero-order valence-electron chi connectivity index (χ0n) is 15.3. The standard InChI is InChI=1S/C20H20N2O4S/c1-24-16-6-4-5-14(10-16)21-19(23)11-15-12-27-20(22-15)13-7-8-17(25-2)18(9-13)26-3/h4-10,12H,11H2,1-3H3,(H,21,23). The summed E-state index contributed by atoms with van der Waals surface area (Å²) in [6.45, 7) is 0. The highest BCUT2D eigenvalue weighted by atomic mass is 32.1. The Bertz CT molecular complexity index is 939. The minimum Gasteiger partial charge on any atom is -0.497 e. The molecule has 0 fully saturated rings. The molecule has 0 atom stereocenters. The number of benzene rings is 2. The molecule has 1 amide bonds. The minimum absolute atomic E-state index is 0.132. The van der Waals surface area contributed by atoms with E-state index in [0.717, 1.165) is 10.6 Å². The molecule has 6 nitrogen and oxygen atoms in total. The van der Waals surface area contributed by atoms with Crippen molar-refractivity contribution in [2.45, 2.75) is 6.42 Å². The van der Waals surface area contributed by atoms with Crippen LogP contribution in [0, 0.1) is 0 Å². The fourth-order valence-electron chi connectivity index (χ4n) is 2.56. The van der Waals surface area contributed by atoms with Gasteiger partial charge in [-0.05, 0) is 30.3 Å². The van der Waals surface area contributed by atoms with E-state index in [1.807, 2.05) is 41.8 Å². The van der Waals surface area contributed by atoms with E-state index < -0.39 is 0 Å². The highest BCUT2D eigenvalue weighted by Gasteiger charge is 2.12. The Balaban J connectivity index is 1.69. The molecule has 1 heterocycles. The minimum atomic E-state index is -0.132. The smallest absolute Gasteiger partial charge is 0.230 e. The van der Waals surface area contributed by atoms with Crippen molar-refractivity contribution in [3.63, 3.8) is 0 Å². The van der Waals surface area contributed by atoms with Crippen molar-refractivity contribution in [1.29, 1.82) is 0 Å². The molecule has 1 N–H and O–H groups in total. The van der Waals surface area contributed by atoms with E-state index in [9.17, 15) is 4.79 Å². The first-order chi connectivity index (χ1) is 13.1. The normalized spacial score (nSPS) is 10.3. The number of hydrogen-bond donors (Lipinski definition) is 1. The fourth-order valence-corrected chi connectivity index (χ4v) is 3.38. The number of hydrogen-bond acceptors (Lipinski definition) is 6. The van der Waals surface area contributed by atoms with E-state index in [4.69, 9.17) is 14.2 Å². The molecule has 0 aliphatic heterocycles. The maximum atomic E-state index is 12.3. The van der Waals surface area contributed by atoms with Gasteiger partial charge in [0.25, 0.3) is 0 Å². The Labute approximate surface area is 161 Å². The van der Waals surface area contributed by atoms with Gasteiger partial charge in [0.15, 0.2) is 11.5 Å². The number of methoxy groups -OCH3 is 3. The van der Waals surface area contributed by atoms with Gasteiger partial charge in [-0.1, -0.05) is 6.07 Å². The van der Waals surface area contributed by atoms with Crippen molar-refractivity contribution in [3.05, 3.63) is 53.5 Å². The van der Waals surface area contributed by atoms with Crippen molar-refractivity contribution in [2.24, 2.45) is 0 Å². The number of carbonyl (C=O) groups is 1. The lowest BCUT2D eigenvalue weighted by molar-refractivity contribution is -0.115. The number of anilines is 1. The SMILES string of the molecule is COc1cccc(NC(=O)Cc2csc(-c3ccc(OC)c(OC)c3)n2)c1. The number of nitrogens with zero attached hydrogens (tertiary/aromatic N) is 1. The lowest BCUT2D eigenvalue weighted by atomic mass is 10.2. The van der Waals surface area contributed by atoms with Crippen LogP contribution < -0.4 is 19.5 Å². The third-order valence-electron chi connectivity index (χ3n) is 3.88. The Hall–Kier alpha value is -3.06. The van der Waals surface area contributed by atoms with Crippen LogP contribution in [0.4, 0.5) is 5.69 Å². The second-order valence-corrected chi connectivity index (χ2v) is 6.53. The van der Waals surface area contributed by atoms with Gasteiger partial charge in [-0.15, -0.1) is 11.3 Å². The third-order valence-corrected chi connectivity index (χ3v) is 4.82. The topological polar surface area (TPSA) is 69.7 Å². The van der Waals surface area contributed by atoms with Gasteiger partial charge in [0.1, 0.15) is 10.8 Å². The molecule has 0 saturated carbocycles. The van der Waals surface area contributed by atoms with Gasteiger partial charge in [-0.25, -0.2) is 4.98 Å². The summed E-state index contributed by atoms with van der Waals surface area (Å²) in [4.78, 5) is 16.9. The monoisotopic (exact) mass is 384 g/mol. The summed E-state index contributed by atoms with van der Waals surface area (Å²) in [6, 6.07) is 12.9. The highest BCUT2D eigenvalue weighted by Crippen LogP contribution is 2.33. The van der Waals surface area contributed by atoms with Crippen LogP contribution >= 0.6 is 11.3 Å². The molecule has 0 unspecified atom stereocenters. The van der Waals surface area contributed by atoms with Crippen LogP contribution in [0.3, 0.4) is 0 Å². The molecular weight excluding hydrogens is 364 g/mol. The van der Waals surface area contributed by atoms with Crippen molar-refractivity contribution in [2.75, 3.05) is 26.6 Å². The van der Waals surface area contributed by atoms with Gasteiger partial charge in [0, 0.05) is 22.7 Å². The second-order valence-electron chi connectivity index (χ2n) is 5.67. The molecule has 3 rings (SSSR count). The summed E-state index contributed by atoms with van der Waals surface area (Å²) < 4.78 is 15.7. The highest BCUT2D eigenvalue weighted by molar-refractivity contribution is 7.13. The number of ether oxygens (including phenoxy) is 3. The van der Waals surface area contributed by atoms with E-state index in [-0.39, 0.29) is 12.3 Å². The molecular formula is C20H20N2O4S. The van der Waals surface area contributed by atoms with Crippen LogP contribution in [-0.2, 0) is 11.2 Å². The average molecular weight is 384 g/mol. The number of rotatable bonds is 7. The maximum absolute atomic E-state index is 12.3. The van der Waals surface area contributed by atoms with Crippen LogP contribution in [0.5, 0.6) is 17.2 Å². The molecule has 0 aliphatic rings. The zero-order chi connectivity index (χ0) is 19.2. The van der Waals surface area contributed by atoms with Crippen molar-refractivity contribution < 1.29 is 19.0 Å². The predicted molar refractivity (Wildman–Crippen MR) is 106 cm³/mol. The van der Waals surface area contributed by atoms with E-state index in [1.54, 1.807) is 27.4 Å². The molecule has 0 bridgehead atoms. The van der Waals surface area contributed by atoms with E-state index >= 15 is 0 Å². The summed E-state index contributed by atoms with van der Waals surface area (Å²) in [5.74, 6) is 1.86. The molecule has 27 heavy (non-hydrogen) atoms. The predicted octanol–water partition coefficient (Wildman–Crippen LogP) is 4.02. The van der Waals surface area contributed by atoms with Gasteiger partial charge < -0.3 is 19.5 Å². The van der Waals surface area contributed by atoms with Gasteiger partial charge in [-0.3, -0.25) is 4.79 Å².